The van der Waals surface area contributed by atoms with Crippen LogP contribution in [-0.2, 0) is 9.53 Å². The van der Waals surface area contributed by atoms with Crippen LogP contribution in [0, 0.1) is 6.92 Å². The molecule has 3 heterocycles. The summed E-state index contributed by atoms with van der Waals surface area (Å²) in [6.45, 7) is 13.8. The first kappa shape index (κ1) is 25.0. The maximum atomic E-state index is 13.1. The third-order valence-electron chi connectivity index (χ3n) is 6.46. The van der Waals surface area contributed by atoms with Crippen molar-refractivity contribution in [2.24, 2.45) is 0 Å². The standard InChI is InChI=1S/C26H32N2O3.C2H6/c1-18(22-7-8-25(30-4)19(2)13-22)14-26(29)28-15-23(6-5-20(28)3)21-9-11-27(12-10-21)24-16-31-17-24;1-2/h5-9,13-15,20,24H,10-12,16-17H2,1-4H3;1-2H3/b18-14+;. The van der Waals surface area contributed by atoms with Crippen molar-refractivity contribution in [3.8, 4) is 5.75 Å². The number of nitrogens with zero attached hydrogens (tertiary/aromatic N) is 2. The predicted octanol–water partition coefficient (Wildman–Crippen LogP) is 5.13. The molecule has 33 heavy (non-hydrogen) atoms. The van der Waals surface area contributed by atoms with Crippen LogP contribution < -0.4 is 4.74 Å². The van der Waals surface area contributed by atoms with Gasteiger partial charge in [-0.3, -0.25) is 9.69 Å². The van der Waals surface area contributed by atoms with Gasteiger partial charge in [0, 0.05) is 25.4 Å². The SMILES string of the molecule is CC.COc1ccc(/C(C)=C/C(=O)N2C=C(C3=CCN(C4COC4)CC3)C=CC2C)cc1C. The van der Waals surface area contributed by atoms with Crippen LogP contribution in [-0.4, -0.2) is 61.2 Å². The van der Waals surface area contributed by atoms with Crippen molar-refractivity contribution in [1.82, 2.24) is 9.80 Å². The molecule has 1 aromatic rings. The molecule has 0 bridgehead atoms. The fourth-order valence-electron chi connectivity index (χ4n) is 4.28. The minimum Gasteiger partial charge on any atom is -0.496 e. The van der Waals surface area contributed by atoms with E-state index < -0.39 is 0 Å². The molecule has 0 aromatic heterocycles. The summed E-state index contributed by atoms with van der Waals surface area (Å²) in [6, 6.07) is 6.61. The van der Waals surface area contributed by atoms with Crippen LogP contribution in [0.25, 0.3) is 5.57 Å². The molecule has 5 nitrogen and oxygen atoms in total. The summed E-state index contributed by atoms with van der Waals surface area (Å²) in [7, 11) is 1.67. The first-order valence-corrected chi connectivity index (χ1v) is 12.0. The number of ether oxygens (including phenoxy) is 2. The Morgan fingerprint density at radius 2 is 2.00 bits per heavy atom. The Kier molecular flexibility index (Phi) is 8.70. The number of allylic oxidation sites excluding steroid dienone is 3. The van der Waals surface area contributed by atoms with Gasteiger partial charge in [-0.1, -0.05) is 38.1 Å². The van der Waals surface area contributed by atoms with E-state index in [4.69, 9.17) is 9.47 Å². The highest BCUT2D eigenvalue weighted by Crippen LogP contribution is 2.28. The molecule has 0 radical (unpaired) electrons. The van der Waals surface area contributed by atoms with Gasteiger partial charge in [-0.05, 0) is 67.2 Å². The molecule has 1 unspecified atom stereocenters. The zero-order valence-corrected chi connectivity index (χ0v) is 20.9. The van der Waals surface area contributed by atoms with E-state index in [9.17, 15) is 4.79 Å². The Morgan fingerprint density at radius 3 is 2.58 bits per heavy atom. The Labute approximate surface area is 199 Å². The first-order chi connectivity index (χ1) is 16.0. The molecular weight excluding hydrogens is 412 g/mol. The minimum atomic E-state index is 0.00461. The molecule has 0 N–H and O–H groups in total. The number of carbonyl (C=O) groups is 1. The van der Waals surface area contributed by atoms with Gasteiger partial charge in [0.1, 0.15) is 5.75 Å². The van der Waals surface area contributed by atoms with E-state index in [0.717, 1.165) is 60.7 Å². The zero-order valence-electron chi connectivity index (χ0n) is 20.9. The third kappa shape index (κ3) is 5.84. The summed E-state index contributed by atoms with van der Waals surface area (Å²) in [5.41, 5.74) is 5.50. The fraction of sp³-hybridized carbons (Fsp3) is 0.464. The van der Waals surface area contributed by atoms with Gasteiger partial charge in [0.15, 0.2) is 0 Å². The number of hydrogen-bond donors (Lipinski definition) is 0. The summed E-state index contributed by atoms with van der Waals surface area (Å²) >= 11 is 0. The second kappa shape index (κ2) is 11.5. The number of rotatable bonds is 5. The zero-order chi connectivity index (χ0) is 24.0. The van der Waals surface area contributed by atoms with E-state index >= 15 is 0 Å². The topological polar surface area (TPSA) is 42.0 Å². The van der Waals surface area contributed by atoms with Crippen molar-refractivity contribution >= 4 is 11.5 Å². The highest BCUT2D eigenvalue weighted by Gasteiger charge is 2.28. The molecule has 1 saturated heterocycles. The Bertz CT molecular complexity index is 969. The smallest absolute Gasteiger partial charge is 0.251 e. The van der Waals surface area contributed by atoms with Crippen molar-refractivity contribution < 1.29 is 14.3 Å². The molecular formula is C28H38N2O3. The molecule has 4 rings (SSSR count). The summed E-state index contributed by atoms with van der Waals surface area (Å²) in [6.07, 6.45) is 11.3. The monoisotopic (exact) mass is 450 g/mol. The normalized spacial score (nSPS) is 21.5. The van der Waals surface area contributed by atoms with Gasteiger partial charge in [-0.15, -0.1) is 0 Å². The summed E-state index contributed by atoms with van der Waals surface area (Å²) in [5, 5.41) is 0. The average Bonchev–Trinajstić information content (AvgIpc) is 2.80. The lowest BCUT2D eigenvalue weighted by molar-refractivity contribution is -0.124. The van der Waals surface area contributed by atoms with E-state index in [1.54, 1.807) is 13.2 Å². The van der Waals surface area contributed by atoms with E-state index in [2.05, 4.69) is 36.1 Å². The molecule has 178 valence electrons. The first-order valence-electron chi connectivity index (χ1n) is 12.0. The van der Waals surface area contributed by atoms with Crippen molar-refractivity contribution in [2.45, 2.75) is 53.1 Å². The van der Waals surface area contributed by atoms with Crippen molar-refractivity contribution in [3.63, 3.8) is 0 Å². The quantitative estimate of drug-likeness (QED) is 0.583. The van der Waals surface area contributed by atoms with Crippen LogP contribution in [0.3, 0.4) is 0 Å². The van der Waals surface area contributed by atoms with Gasteiger partial charge in [-0.25, -0.2) is 0 Å². The van der Waals surface area contributed by atoms with Crippen LogP contribution in [0.2, 0.25) is 0 Å². The summed E-state index contributed by atoms with van der Waals surface area (Å²) < 4.78 is 10.7. The van der Waals surface area contributed by atoms with Gasteiger partial charge in [-0.2, -0.15) is 0 Å². The maximum absolute atomic E-state index is 13.1. The van der Waals surface area contributed by atoms with Crippen LogP contribution in [0.5, 0.6) is 5.75 Å². The molecule has 5 heteroatoms. The van der Waals surface area contributed by atoms with Crippen LogP contribution in [0.4, 0.5) is 0 Å². The Morgan fingerprint density at radius 1 is 1.24 bits per heavy atom. The van der Waals surface area contributed by atoms with E-state index in [1.807, 2.05) is 50.9 Å². The third-order valence-corrected chi connectivity index (χ3v) is 6.46. The van der Waals surface area contributed by atoms with Gasteiger partial charge < -0.3 is 14.4 Å². The van der Waals surface area contributed by atoms with Crippen molar-refractivity contribution in [2.75, 3.05) is 33.4 Å². The van der Waals surface area contributed by atoms with E-state index in [0.29, 0.717) is 6.04 Å². The molecule has 3 aliphatic heterocycles. The number of carbonyl (C=O) groups excluding carboxylic acids is 1. The predicted molar refractivity (Wildman–Crippen MR) is 135 cm³/mol. The van der Waals surface area contributed by atoms with Crippen molar-refractivity contribution in [3.05, 3.63) is 71.0 Å². The highest BCUT2D eigenvalue weighted by molar-refractivity contribution is 5.96. The van der Waals surface area contributed by atoms with E-state index in [-0.39, 0.29) is 11.9 Å². The number of amides is 1. The molecule has 3 aliphatic rings. The largest absolute Gasteiger partial charge is 0.496 e. The van der Waals surface area contributed by atoms with Crippen LogP contribution >= 0.6 is 0 Å². The summed E-state index contributed by atoms with van der Waals surface area (Å²) in [4.78, 5) is 17.4. The molecule has 1 atom stereocenters. The molecule has 0 spiro atoms. The Hall–Kier alpha value is -2.63. The van der Waals surface area contributed by atoms with E-state index in [1.165, 1.54) is 5.57 Å². The fourth-order valence-corrected chi connectivity index (χ4v) is 4.28. The molecule has 1 amide bonds. The van der Waals surface area contributed by atoms with Gasteiger partial charge in [0.05, 0.1) is 32.4 Å². The second-order valence-corrected chi connectivity index (χ2v) is 8.61. The number of benzene rings is 1. The van der Waals surface area contributed by atoms with Crippen LogP contribution in [0.1, 0.15) is 45.2 Å². The maximum Gasteiger partial charge on any atom is 0.251 e. The van der Waals surface area contributed by atoms with Crippen molar-refractivity contribution in [1.29, 1.82) is 0 Å². The molecule has 1 aromatic carbocycles. The number of hydrogen-bond acceptors (Lipinski definition) is 4. The molecule has 0 aliphatic carbocycles. The lowest BCUT2D eigenvalue weighted by atomic mass is 9.96. The Balaban J connectivity index is 0.00000149. The van der Waals surface area contributed by atoms with Gasteiger partial charge in [0.25, 0.3) is 5.91 Å². The highest BCUT2D eigenvalue weighted by atomic mass is 16.5. The minimum absolute atomic E-state index is 0.00461. The average molecular weight is 451 g/mol. The lowest BCUT2D eigenvalue weighted by Gasteiger charge is -2.39. The lowest BCUT2D eigenvalue weighted by Crippen LogP contribution is -2.50. The molecule has 0 saturated carbocycles. The van der Waals surface area contributed by atoms with Gasteiger partial charge >= 0.3 is 0 Å². The molecule has 1 fully saturated rings. The number of aryl methyl sites for hydroxylation is 1. The van der Waals surface area contributed by atoms with Gasteiger partial charge in [0.2, 0.25) is 0 Å². The van der Waals surface area contributed by atoms with Crippen LogP contribution in [0.15, 0.2) is 59.8 Å². The number of methoxy groups -OCH3 is 1. The second-order valence-electron chi connectivity index (χ2n) is 8.61. The summed E-state index contributed by atoms with van der Waals surface area (Å²) in [5.74, 6) is 0.861.